The summed E-state index contributed by atoms with van der Waals surface area (Å²) in [6, 6.07) is 10.6. The molecule has 1 aliphatic rings. The van der Waals surface area contributed by atoms with Crippen LogP contribution in [0.15, 0.2) is 83.5 Å². The van der Waals surface area contributed by atoms with Gasteiger partial charge < -0.3 is 0 Å². The quantitative estimate of drug-likeness (QED) is 0.485. The number of hydrogen-bond acceptors (Lipinski definition) is 0. The van der Waals surface area contributed by atoms with E-state index in [4.69, 9.17) is 0 Å². The van der Waals surface area contributed by atoms with Crippen molar-refractivity contribution >= 4 is 5.57 Å². The Labute approximate surface area is 154 Å². The van der Waals surface area contributed by atoms with Crippen molar-refractivity contribution in [2.24, 2.45) is 5.41 Å². The number of hydrogen-bond donors (Lipinski definition) is 0. The molecule has 0 N–H and O–H groups in total. The number of benzene rings is 1. The molecule has 1 aromatic carbocycles. The highest BCUT2D eigenvalue weighted by atomic mass is 14.3. The topological polar surface area (TPSA) is 0 Å². The van der Waals surface area contributed by atoms with Gasteiger partial charge in [-0.05, 0) is 62.2 Å². The third kappa shape index (κ3) is 5.46. The second kappa shape index (κ2) is 8.85. The Balaban J connectivity index is 2.37. The monoisotopic (exact) mass is 332 g/mol. The molecule has 0 heterocycles. The summed E-state index contributed by atoms with van der Waals surface area (Å²) >= 11 is 0. The lowest BCUT2D eigenvalue weighted by molar-refractivity contribution is 0.377. The average Bonchev–Trinajstić information content (AvgIpc) is 2.59. The van der Waals surface area contributed by atoms with Crippen LogP contribution in [0.3, 0.4) is 0 Å². The Morgan fingerprint density at radius 1 is 1.08 bits per heavy atom. The number of rotatable bonds is 5. The van der Waals surface area contributed by atoms with Crippen molar-refractivity contribution in [1.82, 2.24) is 0 Å². The van der Waals surface area contributed by atoms with Crippen LogP contribution < -0.4 is 0 Å². The predicted octanol–water partition coefficient (Wildman–Crippen LogP) is 7.68. The highest BCUT2D eigenvalue weighted by Crippen LogP contribution is 2.41. The van der Waals surface area contributed by atoms with E-state index in [9.17, 15) is 0 Å². The molecule has 0 radical (unpaired) electrons. The summed E-state index contributed by atoms with van der Waals surface area (Å²) in [4.78, 5) is 0. The zero-order valence-electron chi connectivity index (χ0n) is 16.5. The van der Waals surface area contributed by atoms with Crippen LogP contribution in [-0.2, 0) is 0 Å². The fourth-order valence-electron chi connectivity index (χ4n) is 3.46. The third-order valence-corrected chi connectivity index (χ3v) is 5.17. The van der Waals surface area contributed by atoms with Crippen LogP contribution in [-0.4, -0.2) is 0 Å². The van der Waals surface area contributed by atoms with E-state index in [2.05, 4.69) is 101 Å². The molecule has 0 bridgehead atoms. The van der Waals surface area contributed by atoms with Crippen molar-refractivity contribution < 1.29 is 0 Å². The van der Waals surface area contributed by atoms with Gasteiger partial charge in [-0.3, -0.25) is 0 Å². The lowest BCUT2D eigenvalue weighted by atomic mass is 9.72. The third-order valence-electron chi connectivity index (χ3n) is 5.17. The van der Waals surface area contributed by atoms with E-state index in [1.165, 1.54) is 41.5 Å². The second-order valence-corrected chi connectivity index (χ2v) is 7.64. The molecule has 0 amide bonds. The standard InChI is InChI=1S/C25H32/c1-6-20(2)12-10-16-23(22-14-8-7-9-15-22)17-18-24-21(3)13-11-19-25(24,4)5/h6-10,12,14-18H,11,13,19H2,1-5H3/b12-10+,18-17+,20-6+,23-16+. The zero-order chi connectivity index (χ0) is 18.3. The molecule has 0 saturated carbocycles. The first-order chi connectivity index (χ1) is 11.9. The smallest absolute Gasteiger partial charge is 0.0104 e. The minimum atomic E-state index is 0.276. The summed E-state index contributed by atoms with van der Waals surface area (Å²) in [5.41, 5.74) is 7.11. The van der Waals surface area contributed by atoms with E-state index in [0.717, 1.165) is 0 Å². The van der Waals surface area contributed by atoms with E-state index >= 15 is 0 Å². The molecule has 0 saturated heterocycles. The van der Waals surface area contributed by atoms with Gasteiger partial charge in [-0.1, -0.05) is 91.8 Å². The maximum atomic E-state index is 2.37. The molecule has 132 valence electrons. The molecular formula is C25H32. The zero-order valence-corrected chi connectivity index (χ0v) is 16.5. The molecule has 2 rings (SSSR count). The van der Waals surface area contributed by atoms with Crippen molar-refractivity contribution in [3.05, 3.63) is 89.1 Å². The van der Waals surface area contributed by atoms with Gasteiger partial charge in [0.2, 0.25) is 0 Å². The first-order valence-corrected chi connectivity index (χ1v) is 9.39. The van der Waals surface area contributed by atoms with E-state index in [1.54, 1.807) is 5.57 Å². The summed E-state index contributed by atoms with van der Waals surface area (Å²) < 4.78 is 0. The second-order valence-electron chi connectivity index (χ2n) is 7.64. The lowest BCUT2D eigenvalue weighted by Crippen LogP contribution is -2.19. The molecule has 0 fully saturated rings. The normalized spacial score (nSPS) is 19.2. The van der Waals surface area contributed by atoms with Crippen LogP contribution >= 0.6 is 0 Å². The molecule has 25 heavy (non-hydrogen) atoms. The maximum absolute atomic E-state index is 2.37. The van der Waals surface area contributed by atoms with Crippen molar-refractivity contribution in [3.8, 4) is 0 Å². The Kier molecular flexibility index (Phi) is 6.82. The van der Waals surface area contributed by atoms with E-state index in [0.29, 0.717) is 0 Å². The SMILES string of the molecule is C/C=C(C)/C=C/C=C(\C=C\C1=C(C)CCCC1(C)C)c1ccccc1. The van der Waals surface area contributed by atoms with Crippen LogP contribution in [0.5, 0.6) is 0 Å². The van der Waals surface area contributed by atoms with Crippen molar-refractivity contribution in [3.63, 3.8) is 0 Å². The van der Waals surface area contributed by atoms with Crippen molar-refractivity contribution in [2.75, 3.05) is 0 Å². The van der Waals surface area contributed by atoms with Gasteiger partial charge in [0.25, 0.3) is 0 Å². The maximum Gasteiger partial charge on any atom is -0.0104 e. The lowest BCUT2D eigenvalue weighted by Gasteiger charge is -2.33. The van der Waals surface area contributed by atoms with Gasteiger partial charge in [0.05, 0.1) is 0 Å². The van der Waals surface area contributed by atoms with E-state index in [-0.39, 0.29) is 5.41 Å². The summed E-state index contributed by atoms with van der Waals surface area (Å²) in [5, 5.41) is 0. The molecule has 0 spiro atoms. The summed E-state index contributed by atoms with van der Waals surface area (Å²) in [7, 11) is 0. The summed E-state index contributed by atoms with van der Waals surface area (Å²) in [6.07, 6.45) is 17.1. The van der Waals surface area contributed by atoms with Gasteiger partial charge in [0, 0.05) is 0 Å². The van der Waals surface area contributed by atoms with Gasteiger partial charge in [-0.15, -0.1) is 0 Å². The highest BCUT2D eigenvalue weighted by Gasteiger charge is 2.26. The van der Waals surface area contributed by atoms with Crippen molar-refractivity contribution in [2.45, 2.75) is 53.9 Å². The number of allylic oxidation sites excluding steroid dienone is 10. The van der Waals surface area contributed by atoms with Crippen LogP contribution in [0, 0.1) is 5.41 Å². The predicted molar refractivity (Wildman–Crippen MR) is 112 cm³/mol. The largest absolute Gasteiger partial charge is 0.0847 e. The first kappa shape index (κ1) is 19.2. The molecule has 1 aromatic rings. The van der Waals surface area contributed by atoms with Gasteiger partial charge in [0.15, 0.2) is 0 Å². The van der Waals surface area contributed by atoms with E-state index < -0.39 is 0 Å². The first-order valence-electron chi connectivity index (χ1n) is 9.39. The fourth-order valence-corrected chi connectivity index (χ4v) is 3.46. The molecule has 0 heteroatoms. The molecule has 0 atom stereocenters. The molecule has 0 aliphatic heterocycles. The van der Waals surface area contributed by atoms with Crippen LogP contribution in [0.25, 0.3) is 5.57 Å². The van der Waals surface area contributed by atoms with E-state index in [1.807, 2.05) is 0 Å². The minimum absolute atomic E-state index is 0.276. The van der Waals surface area contributed by atoms with Gasteiger partial charge in [-0.2, -0.15) is 0 Å². The average molecular weight is 333 g/mol. The van der Waals surface area contributed by atoms with Crippen molar-refractivity contribution in [1.29, 1.82) is 0 Å². The molecule has 0 unspecified atom stereocenters. The summed E-state index contributed by atoms with van der Waals surface area (Å²) in [5.74, 6) is 0. The van der Waals surface area contributed by atoms with Gasteiger partial charge in [-0.25, -0.2) is 0 Å². The molecule has 0 aromatic heterocycles. The van der Waals surface area contributed by atoms with Gasteiger partial charge >= 0.3 is 0 Å². The molecule has 0 nitrogen and oxygen atoms in total. The Morgan fingerprint density at radius 3 is 2.44 bits per heavy atom. The van der Waals surface area contributed by atoms with Crippen LogP contribution in [0.4, 0.5) is 0 Å². The highest BCUT2D eigenvalue weighted by molar-refractivity contribution is 5.76. The molecular weight excluding hydrogens is 300 g/mol. The van der Waals surface area contributed by atoms with Gasteiger partial charge in [0.1, 0.15) is 0 Å². The van der Waals surface area contributed by atoms with Crippen LogP contribution in [0.2, 0.25) is 0 Å². The Hall–Kier alpha value is -2.08. The Morgan fingerprint density at radius 2 is 1.80 bits per heavy atom. The molecule has 1 aliphatic carbocycles. The Bertz CT molecular complexity index is 719. The summed E-state index contributed by atoms with van der Waals surface area (Å²) in [6.45, 7) is 11.2. The fraction of sp³-hybridized carbons (Fsp3) is 0.360. The minimum Gasteiger partial charge on any atom is -0.0847 e. The van der Waals surface area contributed by atoms with Crippen LogP contribution in [0.1, 0.15) is 59.4 Å².